The molecule has 7 heteroatoms. The highest BCUT2D eigenvalue weighted by Gasteiger charge is 2.45. The molecule has 2 saturated heterocycles. The number of ether oxygens (including phenoxy) is 2. The van der Waals surface area contributed by atoms with Gasteiger partial charge < -0.3 is 14.4 Å². The van der Waals surface area contributed by atoms with E-state index in [2.05, 4.69) is 5.10 Å². The highest BCUT2D eigenvalue weighted by molar-refractivity contribution is 5.76. The monoisotopic (exact) mass is 387 g/mol. The number of hydrogen-bond acceptors (Lipinski definition) is 4. The predicted octanol–water partition coefficient (Wildman–Crippen LogP) is 2.87. The second-order valence-corrected chi connectivity index (χ2v) is 7.90. The fourth-order valence-electron chi connectivity index (χ4n) is 4.24. The van der Waals surface area contributed by atoms with Crippen molar-refractivity contribution in [1.82, 2.24) is 14.7 Å². The zero-order valence-electron chi connectivity index (χ0n) is 16.4. The minimum atomic E-state index is -0.353. The van der Waals surface area contributed by atoms with Crippen molar-refractivity contribution in [3.05, 3.63) is 47.5 Å². The van der Waals surface area contributed by atoms with Crippen LogP contribution in [0.3, 0.4) is 0 Å². The van der Waals surface area contributed by atoms with E-state index in [1.807, 2.05) is 24.8 Å². The standard InChI is InChI=1S/C21H26FN3O3/c1-15-10-16(2)25(23-15)12-20(26)24-9-3-8-21(14-24)11-19(13-27-21)28-18-6-4-17(22)5-7-18/h4-7,10,19H,3,8-9,11-14H2,1-2H3/t19-,21-/m1/s1. The van der Waals surface area contributed by atoms with Crippen LogP contribution >= 0.6 is 0 Å². The molecular formula is C21H26FN3O3. The van der Waals surface area contributed by atoms with Gasteiger partial charge in [-0.05, 0) is 57.0 Å². The number of halogens is 1. The van der Waals surface area contributed by atoms with Gasteiger partial charge in [-0.25, -0.2) is 4.39 Å². The number of hydrogen-bond donors (Lipinski definition) is 0. The Balaban J connectivity index is 1.37. The van der Waals surface area contributed by atoms with Gasteiger partial charge >= 0.3 is 0 Å². The molecule has 28 heavy (non-hydrogen) atoms. The minimum Gasteiger partial charge on any atom is -0.488 e. The Kier molecular flexibility index (Phi) is 5.10. The summed E-state index contributed by atoms with van der Waals surface area (Å²) in [7, 11) is 0. The third-order valence-electron chi connectivity index (χ3n) is 5.57. The number of rotatable bonds is 4. The molecule has 0 aliphatic carbocycles. The van der Waals surface area contributed by atoms with Gasteiger partial charge in [0.05, 0.1) is 17.9 Å². The van der Waals surface area contributed by atoms with Crippen LogP contribution < -0.4 is 4.74 Å². The van der Waals surface area contributed by atoms with Crippen LogP contribution in [0.5, 0.6) is 5.75 Å². The van der Waals surface area contributed by atoms with Crippen LogP contribution in [0.25, 0.3) is 0 Å². The Labute approximate surface area is 164 Å². The number of aryl methyl sites for hydroxylation is 2. The van der Waals surface area contributed by atoms with E-state index in [0.717, 1.165) is 37.2 Å². The summed E-state index contributed by atoms with van der Waals surface area (Å²) in [6.45, 7) is 5.95. The third-order valence-corrected chi connectivity index (χ3v) is 5.57. The Morgan fingerprint density at radius 2 is 2.14 bits per heavy atom. The number of aromatic nitrogens is 2. The van der Waals surface area contributed by atoms with Crippen LogP contribution in [0.1, 0.15) is 30.7 Å². The quantitative estimate of drug-likeness (QED) is 0.810. The lowest BCUT2D eigenvalue weighted by molar-refractivity contribution is -0.140. The topological polar surface area (TPSA) is 56.6 Å². The van der Waals surface area contributed by atoms with Gasteiger partial charge in [-0.15, -0.1) is 0 Å². The van der Waals surface area contributed by atoms with E-state index in [4.69, 9.17) is 9.47 Å². The lowest BCUT2D eigenvalue weighted by atomic mass is 9.89. The maximum absolute atomic E-state index is 13.1. The average Bonchev–Trinajstić information content (AvgIpc) is 3.19. The van der Waals surface area contributed by atoms with Crippen molar-refractivity contribution >= 4 is 5.91 Å². The largest absolute Gasteiger partial charge is 0.488 e. The summed E-state index contributed by atoms with van der Waals surface area (Å²) in [6, 6.07) is 8.02. The molecule has 0 saturated carbocycles. The van der Waals surface area contributed by atoms with Gasteiger partial charge in [0.1, 0.15) is 24.2 Å². The van der Waals surface area contributed by atoms with Crippen LogP contribution in [-0.2, 0) is 16.1 Å². The summed E-state index contributed by atoms with van der Waals surface area (Å²) in [5.41, 5.74) is 1.55. The van der Waals surface area contributed by atoms with Gasteiger partial charge in [0.2, 0.25) is 5.91 Å². The summed E-state index contributed by atoms with van der Waals surface area (Å²) >= 11 is 0. The summed E-state index contributed by atoms with van der Waals surface area (Å²) in [5, 5.41) is 4.39. The molecule has 1 aromatic heterocycles. The van der Waals surface area contributed by atoms with Crippen LogP contribution in [0.15, 0.2) is 30.3 Å². The Morgan fingerprint density at radius 1 is 1.36 bits per heavy atom. The van der Waals surface area contributed by atoms with E-state index in [0.29, 0.717) is 18.9 Å². The lowest BCUT2D eigenvalue weighted by Gasteiger charge is -2.39. The van der Waals surface area contributed by atoms with Crippen molar-refractivity contribution < 1.29 is 18.7 Å². The molecule has 1 aromatic carbocycles. The van der Waals surface area contributed by atoms with Gasteiger partial charge in [-0.2, -0.15) is 5.10 Å². The van der Waals surface area contributed by atoms with Crippen molar-refractivity contribution in [3.8, 4) is 5.75 Å². The van der Waals surface area contributed by atoms with E-state index in [-0.39, 0.29) is 30.0 Å². The van der Waals surface area contributed by atoms with Crippen molar-refractivity contribution in [2.75, 3.05) is 19.7 Å². The van der Waals surface area contributed by atoms with Gasteiger partial charge in [0.25, 0.3) is 0 Å². The van der Waals surface area contributed by atoms with E-state index >= 15 is 0 Å². The van der Waals surface area contributed by atoms with Gasteiger partial charge in [-0.1, -0.05) is 0 Å². The molecular weight excluding hydrogens is 361 g/mol. The van der Waals surface area contributed by atoms with E-state index in [1.165, 1.54) is 12.1 Å². The molecule has 3 heterocycles. The summed E-state index contributed by atoms with van der Waals surface area (Å²) < 4.78 is 26.9. The highest BCUT2D eigenvalue weighted by atomic mass is 19.1. The molecule has 0 bridgehead atoms. The van der Waals surface area contributed by atoms with Crippen molar-refractivity contribution in [1.29, 1.82) is 0 Å². The van der Waals surface area contributed by atoms with Crippen LogP contribution in [-0.4, -0.2) is 52.0 Å². The number of carbonyl (C=O) groups is 1. The Hall–Kier alpha value is -2.41. The number of nitrogens with zero attached hydrogens (tertiary/aromatic N) is 3. The summed E-state index contributed by atoms with van der Waals surface area (Å²) in [5.74, 6) is 0.424. The zero-order chi connectivity index (χ0) is 19.7. The molecule has 1 spiro atoms. The van der Waals surface area contributed by atoms with Crippen LogP contribution in [0.4, 0.5) is 4.39 Å². The van der Waals surface area contributed by atoms with E-state index < -0.39 is 0 Å². The molecule has 4 rings (SSSR count). The summed E-state index contributed by atoms with van der Waals surface area (Å²) in [6.07, 6.45) is 2.47. The predicted molar refractivity (Wildman–Crippen MR) is 102 cm³/mol. The zero-order valence-corrected chi connectivity index (χ0v) is 16.4. The molecule has 2 aromatic rings. The summed E-state index contributed by atoms with van der Waals surface area (Å²) in [4.78, 5) is 14.7. The molecule has 2 fully saturated rings. The molecule has 6 nitrogen and oxygen atoms in total. The minimum absolute atomic E-state index is 0.0665. The van der Waals surface area contributed by atoms with E-state index in [1.54, 1.807) is 16.8 Å². The second kappa shape index (κ2) is 7.54. The Morgan fingerprint density at radius 3 is 2.86 bits per heavy atom. The Bertz CT molecular complexity index is 851. The number of carbonyl (C=O) groups excluding carboxylic acids is 1. The average molecular weight is 387 g/mol. The maximum Gasteiger partial charge on any atom is 0.244 e. The smallest absolute Gasteiger partial charge is 0.244 e. The lowest BCUT2D eigenvalue weighted by Crippen LogP contribution is -2.51. The SMILES string of the molecule is Cc1cc(C)n(CC(=O)N2CCC[C@@]3(C[C@@H](Oc4ccc(F)cc4)CO3)C2)n1. The molecule has 0 radical (unpaired) electrons. The number of likely N-dealkylation sites (tertiary alicyclic amines) is 1. The first-order chi connectivity index (χ1) is 13.4. The molecule has 2 atom stereocenters. The second-order valence-electron chi connectivity index (χ2n) is 7.90. The molecule has 2 aliphatic rings. The fraction of sp³-hybridized carbons (Fsp3) is 0.524. The first-order valence-corrected chi connectivity index (χ1v) is 9.77. The van der Waals surface area contributed by atoms with Crippen LogP contribution in [0, 0.1) is 19.7 Å². The third kappa shape index (κ3) is 4.04. The highest BCUT2D eigenvalue weighted by Crippen LogP contribution is 2.36. The molecule has 150 valence electrons. The first-order valence-electron chi connectivity index (χ1n) is 9.77. The van der Waals surface area contributed by atoms with Crippen molar-refractivity contribution in [2.45, 2.75) is 51.4 Å². The van der Waals surface area contributed by atoms with Gasteiger partial charge in [0, 0.05) is 25.2 Å². The number of benzene rings is 1. The maximum atomic E-state index is 13.1. The molecule has 2 aliphatic heterocycles. The normalized spacial score (nSPS) is 24.7. The van der Waals surface area contributed by atoms with Gasteiger partial charge in [0.15, 0.2) is 0 Å². The first kappa shape index (κ1) is 18.9. The molecule has 0 N–H and O–H groups in total. The van der Waals surface area contributed by atoms with E-state index in [9.17, 15) is 9.18 Å². The van der Waals surface area contributed by atoms with Crippen molar-refractivity contribution in [2.24, 2.45) is 0 Å². The molecule has 0 unspecified atom stereocenters. The number of amides is 1. The molecule has 1 amide bonds. The van der Waals surface area contributed by atoms with Gasteiger partial charge in [-0.3, -0.25) is 9.48 Å². The fourth-order valence-corrected chi connectivity index (χ4v) is 4.24. The number of piperidine rings is 1. The van der Waals surface area contributed by atoms with Crippen molar-refractivity contribution in [3.63, 3.8) is 0 Å². The van der Waals surface area contributed by atoms with Crippen LogP contribution in [0.2, 0.25) is 0 Å².